The van der Waals surface area contributed by atoms with Crippen LogP contribution in [0.2, 0.25) is 0 Å². The van der Waals surface area contributed by atoms with Crippen LogP contribution >= 0.6 is 0 Å². The Hall–Kier alpha value is -0.0800. The number of likely N-dealkylation sites (N-methyl/N-ethyl adjacent to an activating group) is 1. The van der Waals surface area contributed by atoms with Crippen molar-refractivity contribution in [2.75, 3.05) is 7.05 Å². The molecule has 0 aromatic carbocycles. The normalized spacial score (nSPS) is 29.8. The molecule has 3 unspecified atom stereocenters. The average Bonchev–Trinajstić information content (AvgIpc) is 2.16. The van der Waals surface area contributed by atoms with Crippen LogP contribution in [0.15, 0.2) is 0 Å². The minimum atomic E-state index is 0.401. The summed E-state index contributed by atoms with van der Waals surface area (Å²) in [4.78, 5) is 2.52. The van der Waals surface area contributed by atoms with Crippen LogP contribution in [0.1, 0.15) is 52.9 Å². The van der Waals surface area contributed by atoms with Crippen molar-refractivity contribution in [2.24, 2.45) is 11.7 Å². The zero-order valence-electron chi connectivity index (χ0n) is 10.9. The van der Waals surface area contributed by atoms with Crippen LogP contribution in [-0.2, 0) is 0 Å². The zero-order chi connectivity index (χ0) is 11.4. The summed E-state index contributed by atoms with van der Waals surface area (Å²) in [5.74, 6) is 0.780. The summed E-state index contributed by atoms with van der Waals surface area (Å²) in [6.45, 7) is 6.93. The Bertz CT molecular complexity index is 179. The van der Waals surface area contributed by atoms with Gasteiger partial charge in [-0.1, -0.05) is 26.7 Å². The molecule has 1 fully saturated rings. The summed E-state index contributed by atoms with van der Waals surface area (Å²) in [5, 5.41) is 0. The molecule has 2 nitrogen and oxygen atoms in total. The van der Waals surface area contributed by atoms with E-state index in [0.717, 1.165) is 5.92 Å². The third-order valence-electron chi connectivity index (χ3n) is 3.81. The summed E-state index contributed by atoms with van der Waals surface area (Å²) in [5.41, 5.74) is 6.21. The maximum absolute atomic E-state index is 6.21. The molecule has 15 heavy (non-hydrogen) atoms. The Balaban J connectivity index is 2.46. The van der Waals surface area contributed by atoms with Crippen molar-refractivity contribution < 1.29 is 0 Å². The summed E-state index contributed by atoms with van der Waals surface area (Å²) in [7, 11) is 2.25. The van der Waals surface area contributed by atoms with Gasteiger partial charge in [-0.25, -0.2) is 0 Å². The lowest BCUT2D eigenvalue weighted by molar-refractivity contribution is 0.116. The van der Waals surface area contributed by atoms with Gasteiger partial charge < -0.3 is 5.73 Å². The molecular formula is C13H28N2. The Morgan fingerprint density at radius 2 is 1.80 bits per heavy atom. The fourth-order valence-corrected chi connectivity index (χ4v) is 2.82. The third-order valence-corrected chi connectivity index (χ3v) is 3.81. The lowest BCUT2D eigenvalue weighted by Gasteiger charge is -2.40. The van der Waals surface area contributed by atoms with Gasteiger partial charge in [-0.05, 0) is 39.2 Å². The molecule has 0 aromatic heterocycles. The maximum atomic E-state index is 6.21. The number of hydrogen-bond acceptors (Lipinski definition) is 2. The van der Waals surface area contributed by atoms with Crippen molar-refractivity contribution in [1.29, 1.82) is 0 Å². The number of rotatable bonds is 4. The summed E-state index contributed by atoms with van der Waals surface area (Å²) in [6, 6.07) is 1.69. The first-order chi connectivity index (χ1) is 7.02. The highest BCUT2D eigenvalue weighted by Crippen LogP contribution is 2.24. The first-order valence-corrected chi connectivity index (χ1v) is 6.50. The Kier molecular flexibility index (Phi) is 5.07. The van der Waals surface area contributed by atoms with E-state index in [2.05, 4.69) is 32.7 Å². The van der Waals surface area contributed by atoms with E-state index in [1.54, 1.807) is 0 Å². The Labute approximate surface area is 95.2 Å². The molecule has 1 saturated carbocycles. The van der Waals surface area contributed by atoms with E-state index in [0.29, 0.717) is 18.1 Å². The van der Waals surface area contributed by atoms with Crippen molar-refractivity contribution in [3.8, 4) is 0 Å². The molecule has 1 rings (SSSR count). The van der Waals surface area contributed by atoms with Crippen LogP contribution in [0, 0.1) is 5.92 Å². The largest absolute Gasteiger partial charge is 0.326 e. The molecular weight excluding hydrogens is 184 g/mol. The van der Waals surface area contributed by atoms with Crippen molar-refractivity contribution >= 4 is 0 Å². The van der Waals surface area contributed by atoms with E-state index in [1.165, 1.54) is 32.1 Å². The lowest BCUT2D eigenvalue weighted by atomic mass is 9.88. The van der Waals surface area contributed by atoms with Gasteiger partial charge in [0.05, 0.1) is 0 Å². The van der Waals surface area contributed by atoms with Gasteiger partial charge >= 0.3 is 0 Å². The highest BCUT2D eigenvalue weighted by molar-refractivity contribution is 4.86. The van der Waals surface area contributed by atoms with E-state index in [1.807, 2.05) is 0 Å². The van der Waals surface area contributed by atoms with Crippen molar-refractivity contribution in [3.63, 3.8) is 0 Å². The molecule has 2 N–H and O–H groups in total. The molecule has 0 spiro atoms. The molecule has 1 aliphatic carbocycles. The quantitative estimate of drug-likeness (QED) is 0.776. The van der Waals surface area contributed by atoms with E-state index >= 15 is 0 Å². The topological polar surface area (TPSA) is 29.3 Å². The van der Waals surface area contributed by atoms with E-state index in [4.69, 9.17) is 5.73 Å². The predicted octanol–water partition coefficient (Wildman–Crippen LogP) is 2.62. The van der Waals surface area contributed by atoms with Gasteiger partial charge in [0, 0.05) is 18.1 Å². The van der Waals surface area contributed by atoms with Crippen LogP contribution in [0.25, 0.3) is 0 Å². The molecule has 0 heterocycles. The number of nitrogens with zero attached hydrogens (tertiary/aromatic N) is 1. The van der Waals surface area contributed by atoms with Crippen LogP contribution in [0.5, 0.6) is 0 Å². The summed E-state index contributed by atoms with van der Waals surface area (Å²) < 4.78 is 0. The molecule has 0 radical (unpaired) electrons. The smallest absolute Gasteiger partial charge is 0.0246 e. The van der Waals surface area contributed by atoms with Crippen LogP contribution in [0.3, 0.4) is 0 Å². The Morgan fingerprint density at radius 3 is 2.33 bits per heavy atom. The number of nitrogens with two attached hydrogens (primary N) is 1. The first kappa shape index (κ1) is 13.0. The zero-order valence-corrected chi connectivity index (χ0v) is 10.9. The van der Waals surface area contributed by atoms with Gasteiger partial charge in [-0.3, -0.25) is 4.90 Å². The average molecular weight is 212 g/mol. The van der Waals surface area contributed by atoms with Gasteiger partial charge in [0.25, 0.3) is 0 Å². The standard InChI is InChI=1S/C13H28N2/c1-10(2)9-11(3)15(4)13-8-6-5-7-12(13)14/h10-13H,5-9,14H2,1-4H3. The van der Waals surface area contributed by atoms with Gasteiger partial charge in [-0.2, -0.15) is 0 Å². The molecule has 3 atom stereocenters. The minimum absolute atomic E-state index is 0.401. The lowest BCUT2D eigenvalue weighted by Crippen LogP contribution is -2.51. The van der Waals surface area contributed by atoms with E-state index in [9.17, 15) is 0 Å². The molecule has 2 heteroatoms. The second-order valence-corrected chi connectivity index (χ2v) is 5.66. The third kappa shape index (κ3) is 3.76. The SMILES string of the molecule is CC(C)CC(C)N(C)C1CCCCC1N. The molecule has 0 aromatic rings. The second-order valence-electron chi connectivity index (χ2n) is 5.66. The van der Waals surface area contributed by atoms with Crippen molar-refractivity contribution in [2.45, 2.75) is 71.0 Å². The van der Waals surface area contributed by atoms with Gasteiger partial charge in [0.2, 0.25) is 0 Å². The van der Waals surface area contributed by atoms with Gasteiger partial charge in [-0.15, -0.1) is 0 Å². The monoisotopic (exact) mass is 212 g/mol. The van der Waals surface area contributed by atoms with Crippen LogP contribution < -0.4 is 5.73 Å². The highest BCUT2D eigenvalue weighted by atomic mass is 15.2. The Morgan fingerprint density at radius 1 is 1.20 bits per heavy atom. The van der Waals surface area contributed by atoms with Crippen molar-refractivity contribution in [1.82, 2.24) is 4.90 Å². The van der Waals surface area contributed by atoms with E-state index in [-0.39, 0.29) is 0 Å². The summed E-state index contributed by atoms with van der Waals surface area (Å²) >= 11 is 0. The molecule has 90 valence electrons. The van der Waals surface area contributed by atoms with Gasteiger partial charge in [0.15, 0.2) is 0 Å². The summed E-state index contributed by atoms with van der Waals surface area (Å²) in [6.07, 6.45) is 6.46. The molecule has 0 bridgehead atoms. The maximum Gasteiger partial charge on any atom is 0.0246 e. The number of hydrogen-bond donors (Lipinski definition) is 1. The second kappa shape index (κ2) is 5.86. The molecule has 0 saturated heterocycles. The fourth-order valence-electron chi connectivity index (χ4n) is 2.82. The van der Waals surface area contributed by atoms with Gasteiger partial charge in [0.1, 0.15) is 0 Å². The predicted molar refractivity (Wildman–Crippen MR) is 66.9 cm³/mol. The molecule has 0 amide bonds. The first-order valence-electron chi connectivity index (χ1n) is 6.50. The highest BCUT2D eigenvalue weighted by Gasteiger charge is 2.27. The molecule has 1 aliphatic rings. The fraction of sp³-hybridized carbons (Fsp3) is 1.00. The van der Waals surface area contributed by atoms with Crippen molar-refractivity contribution in [3.05, 3.63) is 0 Å². The minimum Gasteiger partial charge on any atom is -0.326 e. The van der Waals surface area contributed by atoms with Crippen LogP contribution in [0.4, 0.5) is 0 Å². The van der Waals surface area contributed by atoms with Crippen LogP contribution in [-0.4, -0.2) is 30.1 Å². The molecule has 0 aliphatic heterocycles. The van der Waals surface area contributed by atoms with E-state index < -0.39 is 0 Å².